The van der Waals surface area contributed by atoms with Crippen LogP contribution in [0.3, 0.4) is 0 Å². The standard InChI is InChI=1S/C16H26N4O4S/c1-10-7-8-12(9-13(10)20-25(6,23)24)17-11(2)14(21)18-15(22)19-16(3,4)5/h7-9,11,17,20H,1-6H3,(H2,18,19,21,22)/t11-/m0/s1. The van der Waals surface area contributed by atoms with E-state index in [0.717, 1.165) is 11.8 Å². The highest BCUT2D eigenvalue weighted by molar-refractivity contribution is 7.92. The largest absolute Gasteiger partial charge is 0.374 e. The van der Waals surface area contributed by atoms with Crippen LogP contribution in [0.5, 0.6) is 0 Å². The minimum absolute atomic E-state index is 0.422. The first-order valence-electron chi connectivity index (χ1n) is 7.75. The molecule has 1 atom stereocenters. The third-order valence-corrected chi connectivity index (χ3v) is 3.63. The fourth-order valence-corrected chi connectivity index (χ4v) is 2.55. The lowest BCUT2D eigenvalue weighted by Gasteiger charge is -2.22. The first kappa shape index (κ1) is 20.8. The Morgan fingerprint density at radius 2 is 1.76 bits per heavy atom. The Kier molecular flexibility index (Phi) is 6.42. The molecule has 0 fully saturated rings. The van der Waals surface area contributed by atoms with Gasteiger partial charge in [-0.1, -0.05) is 6.07 Å². The van der Waals surface area contributed by atoms with Gasteiger partial charge >= 0.3 is 6.03 Å². The summed E-state index contributed by atoms with van der Waals surface area (Å²) >= 11 is 0. The molecule has 4 N–H and O–H groups in total. The molecule has 1 aromatic carbocycles. The van der Waals surface area contributed by atoms with Gasteiger partial charge in [0.1, 0.15) is 6.04 Å². The van der Waals surface area contributed by atoms with E-state index in [1.54, 1.807) is 52.8 Å². The number of nitrogens with one attached hydrogen (secondary N) is 4. The Labute approximate surface area is 148 Å². The van der Waals surface area contributed by atoms with Crippen LogP contribution in [-0.4, -0.2) is 38.2 Å². The number of sulfonamides is 1. The second-order valence-electron chi connectivity index (χ2n) is 6.96. The van der Waals surface area contributed by atoms with Crippen molar-refractivity contribution in [2.24, 2.45) is 0 Å². The van der Waals surface area contributed by atoms with Crippen molar-refractivity contribution in [2.75, 3.05) is 16.3 Å². The first-order valence-corrected chi connectivity index (χ1v) is 9.64. The van der Waals surface area contributed by atoms with Crippen LogP contribution in [-0.2, 0) is 14.8 Å². The molecule has 0 aliphatic rings. The minimum Gasteiger partial charge on any atom is -0.374 e. The maximum atomic E-state index is 12.1. The van der Waals surface area contributed by atoms with Crippen LogP contribution in [0, 0.1) is 6.92 Å². The fraction of sp³-hybridized carbons (Fsp3) is 0.500. The summed E-state index contributed by atoms with van der Waals surface area (Å²) in [5, 5.41) is 7.83. The van der Waals surface area contributed by atoms with Gasteiger partial charge in [-0.25, -0.2) is 13.2 Å². The van der Waals surface area contributed by atoms with Crippen molar-refractivity contribution in [2.45, 2.75) is 46.2 Å². The van der Waals surface area contributed by atoms with Crippen molar-refractivity contribution < 1.29 is 18.0 Å². The average molecular weight is 370 g/mol. The maximum absolute atomic E-state index is 12.1. The summed E-state index contributed by atoms with van der Waals surface area (Å²) in [6.45, 7) is 8.79. The van der Waals surface area contributed by atoms with Gasteiger partial charge in [-0.2, -0.15) is 0 Å². The van der Waals surface area contributed by atoms with Crippen molar-refractivity contribution in [3.05, 3.63) is 23.8 Å². The van der Waals surface area contributed by atoms with E-state index < -0.39 is 33.5 Å². The molecular formula is C16H26N4O4S. The van der Waals surface area contributed by atoms with Crippen molar-refractivity contribution in [1.82, 2.24) is 10.6 Å². The van der Waals surface area contributed by atoms with Gasteiger partial charge in [0.05, 0.1) is 11.9 Å². The van der Waals surface area contributed by atoms with Crippen LogP contribution >= 0.6 is 0 Å². The van der Waals surface area contributed by atoms with Crippen molar-refractivity contribution in [1.29, 1.82) is 0 Å². The number of aryl methyl sites for hydroxylation is 1. The monoisotopic (exact) mass is 370 g/mol. The van der Waals surface area contributed by atoms with Crippen LogP contribution in [0.4, 0.5) is 16.2 Å². The molecule has 8 nitrogen and oxygen atoms in total. The van der Waals surface area contributed by atoms with Crippen LogP contribution < -0.4 is 20.7 Å². The lowest BCUT2D eigenvalue weighted by Crippen LogP contribution is -2.51. The van der Waals surface area contributed by atoms with Crippen molar-refractivity contribution >= 4 is 33.3 Å². The number of amides is 3. The predicted octanol–water partition coefficient (Wildman–Crippen LogP) is 1.79. The smallest absolute Gasteiger partial charge is 0.321 e. The molecule has 140 valence electrons. The second-order valence-corrected chi connectivity index (χ2v) is 8.71. The van der Waals surface area contributed by atoms with E-state index in [1.807, 2.05) is 0 Å². The van der Waals surface area contributed by atoms with E-state index in [4.69, 9.17) is 0 Å². The molecule has 0 radical (unpaired) electrons. The molecule has 1 aromatic rings. The summed E-state index contributed by atoms with van der Waals surface area (Å²) in [6.07, 6.45) is 1.07. The van der Waals surface area contributed by atoms with Crippen LogP contribution in [0.2, 0.25) is 0 Å². The minimum atomic E-state index is -3.40. The maximum Gasteiger partial charge on any atom is 0.321 e. The number of hydrogen-bond acceptors (Lipinski definition) is 5. The van der Waals surface area contributed by atoms with E-state index in [1.165, 1.54) is 0 Å². The Balaban J connectivity index is 2.76. The third-order valence-electron chi connectivity index (χ3n) is 3.03. The molecule has 0 bridgehead atoms. The molecule has 1 rings (SSSR count). The Morgan fingerprint density at radius 1 is 1.16 bits per heavy atom. The molecule has 9 heteroatoms. The van der Waals surface area contributed by atoms with Crippen molar-refractivity contribution in [3.8, 4) is 0 Å². The summed E-state index contributed by atoms with van der Waals surface area (Å²) in [6, 6.07) is 3.78. The number of imide groups is 1. The molecule has 0 saturated heterocycles. The Morgan fingerprint density at radius 3 is 2.28 bits per heavy atom. The molecule has 0 spiro atoms. The number of hydrogen-bond donors (Lipinski definition) is 4. The average Bonchev–Trinajstić information content (AvgIpc) is 2.38. The number of benzene rings is 1. The van der Waals surface area contributed by atoms with Crippen LogP contribution in [0.1, 0.15) is 33.3 Å². The highest BCUT2D eigenvalue weighted by Gasteiger charge is 2.19. The summed E-state index contributed by atoms with van der Waals surface area (Å²) in [5.41, 5.74) is 1.27. The zero-order valence-electron chi connectivity index (χ0n) is 15.4. The summed E-state index contributed by atoms with van der Waals surface area (Å²) in [7, 11) is -3.40. The van der Waals surface area contributed by atoms with Crippen molar-refractivity contribution in [3.63, 3.8) is 0 Å². The quantitative estimate of drug-likeness (QED) is 0.630. The molecule has 3 amide bonds. The predicted molar refractivity (Wildman–Crippen MR) is 99.2 cm³/mol. The molecule has 0 saturated carbocycles. The van der Waals surface area contributed by atoms with E-state index >= 15 is 0 Å². The van der Waals surface area contributed by atoms with Gasteiger partial charge in [-0.3, -0.25) is 14.8 Å². The zero-order chi connectivity index (χ0) is 19.4. The topological polar surface area (TPSA) is 116 Å². The summed E-state index contributed by atoms with van der Waals surface area (Å²) in [5.74, 6) is -0.500. The second kappa shape index (κ2) is 7.73. The number of urea groups is 1. The molecule has 0 aromatic heterocycles. The van der Waals surface area contributed by atoms with Gasteiger partial charge in [-0.05, 0) is 52.3 Å². The van der Waals surface area contributed by atoms with Gasteiger partial charge in [0.25, 0.3) is 0 Å². The van der Waals surface area contributed by atoms with Gasteiger partial charge < -0.3 is 10.6 Å². The van der Waals surface area contributed by atoms with Gasteiger partial charge in [0.15, 0.2) is 0 Å². The molecule has 0 unspecified atom stereocenters. The van der Waals surface area contributed by atoms with Crippen LogP contribution in [0.25, 0.3) is 0 Å². The van der Waals surface area contributed by atoms with Gasteiger partial charge in [0.2, 0.25) is 15.9 Å². The lowest BCUT2D eigenvalue weighted by molar-refractivity contribution is -0.120. The van der Waals surface area contributed by atoms with E-state index in [0.29, 0.717) is 11.4 Å². The Bertz CT molecular complexity index is 754. The molecule has 0 aliphatic carbocycles. The van der Waals surface area contributed by atoms with Crippen LogP contribution in [0.15, 0.2) is 18.2 Å². The molecular weight excluding hydrogens is 344 g/mol. The number of carbonyl (C=O) groups excluding carboxylic acids is 2. The van der Waals surface area contributed by atoms with Gasteiger partial charge in [-0.15, -0.1) is 0 Å². The fourth-order valence-electron chi connectivity index (χ4n) is 1.93. The highest BCUT2D eigenvalue weighted by Crippen LogP contribution is 2.21. The highest BCUT2D eigenvalue weighted by atomic mass is 32.2. The molecule has 0 heterocycles. The lowest BCUT2D eigenvalue weighted by atomic mass is 10.1. The number of carbonyl (C=O) groups is 2. The van der Waals surface area contributed by atoms with E-state index in [2.05, 4.69) is 20.7 Å². The number of rotatable bonds is 5. The molecule has 0 aliphatic heterocycles. The Hall–Kier alpha value is -2.29. The van der Waals surface area contributed by atoms with Gasteiger partial charge in [0, 0.05) is 11.2 Å². The van der Waals surface area contributed by atoms with E-state index in [-0.39, 0.29) is 0 Å². The van der Waals surface area contributed by atoms with E-state index in [9.17, 15) is 18.0 Å². The SMILES string of the molecule is Cc1ccc(N[C@@H](C)C(=O)NC(=O)NC(C)(C)C)cc1NS(C)(=O)=O. The summed E-state index contributed by atoms with van der Waals surface area (Å²) in [4.78, 5) is 23.8. The normalized spacial score (nSPS) is 12.9. The summed E-state index contributed by atoms with van der Waals surface area (Å²) < 4.78 is 25.2. The number of anilines is 2. The first-order chi connectivity index (χ1) is 11.3. The molecule has 25 heavy (non-hydrogen) atoms. The third kappa shape index (κ3) is 7.88. The zero-order valence-corrected chi connectivity index (χ0v) is 16.2.